The van der Waals surface area contributed by atoms with Crippen LogP contribution >= 0.6 is 23.2 Å². The second kappa shape index (κ2) is 6.10. The topological polar surface area (TPSA) is 46.2 Å². The Morgan fingerprint density at radius 3 is 2.40 bits per heavy atom. The van der Waals surface area contributed by atoms with Gasteiger partial charge in [-0.2, -0.15) is 0 Å². The minimum absolute atomic E-state index is 0.0387. The number of halogens is 3. The molecule has 2 aromatic carbocycles. The summed E-state index contributed by atoms with van der Waals surface area (Å²) < 4.78 is 39.5. The fourth-order valence-corrected chi connectivity index (χ4v) is 3.02. The zero-order chi connectivity index (χ0) is 14.8. The summed E-state index contributed by atoms with van der Waals surface area (Å²) in [7, 11) is -3.77. The first-order valence-electron chi connectivity index (χ1n) is 5.58. The van der Waals surface area contributed by atoms with Gasteiger partial charge in [0.15, 0.2) is 0 Å². The summed E-state index contributed by atoms with van der Waals surface area (Å²) in [4.78, 5) is -0.101. The standard InChI is InChI=1S/C13H10Cl2FNO2S/c14-11-4-2-1-3-9(11)8-17-20(18,19)10-5-6-13(16)12(15)7-10/h1-7,17H,8H2. The third-order valence-electron chi connectivity index (χ3n) is 2.61. The lowest BCUT2D eigenvalue weighted by atomic mass is 10.2. The van der Waals surface area contributed by atoms with E-state index in [0.29, 0.717) is 10.6 Å². The molecule has 0 fully saturated rings. The molecule has 7 heteroatoms. The van der Waals surface area contributed by atoms with Crippen molar-refractivity contribution in [2.45, 2.75) is 11.4 Å². The van der Waals surface area contributed by atoms with E-state index in [0.717, 1.165) is 18.2 Å². The fraction of sp³-hybridized carbons (Fsp3) is 0.0769. The molecular formula is C13H10Cl2FNO2S. The fourth-order valence-electron chi connectivity index (χ4n) is 1.54. The predicted molar refractivity (Wildman–Crippen MR) is 76.9 cm³/mol. The summed E-state index contributed by atoms with van der Waals surface area (Å²) >= 11 is 11.5. The normalized spacial score (nSPS) is 11.6. The maximum atomic E-state index is 13.0. The number of sulfonamides is 1. The van der Waals surface area contributed by atoms with Crippen LogP contribution in [0.1, 0.15) is 5.56 Å². The van der Waals surface area contributed by atoms with Crippen molar-refractivity contribution in [3.05, 3.63) is 63.9 Å². The third-order valence-corrected chi connectivity index (χ3v) is 4.67. The summed E-state index contributed by atoms with van der Waals surface area (Å²) in [5, 5.41) is 0.220. The second-order valence-electron chi connectivity index (χ2n) is 3.99. The monoisotopic (exact) mass is 333 g/mol. The van der Waals surface area contributed by atoms with Crippen LogP contribution in [0.5, 0.6) is 0 Å². The van der Waals surface area contributed by atoms with Crippen LogP contribution in [0, 0.1) is 5.82 Å². The zero-order valence-electron chi connectivity index (χ0n) is 10.1. The van der Waals surface area contributed by atoms with Gasteiger partial charge in [-0.05, 0) is 29.8 Å². The lowest BCUT2D eigenvalue weighted by Crippen LogP contribution is -2.23. The largest absolute Gasteiger partial charge is 0.240 e. The molecule has 0 amide bonds. The zero-order valence-corrected chi connectivity index (χ0v) is 12.4. The van der Waals surface area contributed by atoms with Gasteiger partial charge >= 0.3 is 0 Å². The number of rotatable bonds is 4. The average molecular weight is 334 g/mol. The lowest BCUT2D eigenvalue weighted by Gasteiger charge is -2.08. The number of hydrogen-bond donors (Lipinski definition) is 1. The van der Waals surface area contributed by atoms with Gasteiger partial charge in [0.25, 0.3) is 0 Å². The lowest BCUT2D eigenvalue weighted by molar-refractivity contribution is 0.580. The molecular weight excluding hydrogens is 324 g/mol. The van der Waals surface area contributed by atoms with Gasteiger partial charge in [-0.25, -0.2) is 17.5 Å². The predicted octanol–water partition coefficient (Wildman–Crippen LogP) is 3.61. The molecule has 2 aromatic rings. The Balaban J connectivity index is 2.19. The number of hydrogen-bond acceptors (Lipinski definition) is 2. The quantitative estimate of drug-likeness (QED) is 0.928. The maximum absolute atomic E-state index is 13.0. The molecule has 0 aliphatic carbocycles. The van der Waals surface area contributed by atoms with Crippen molar-refractivity contribution in [2.24, 2.45) is 0 Å². The van der Waals surface area contributed by atoms with E-state index in [1.807, 2.05) is 0 Å². The molecule has 3 nitrogen and oxygen atoms in total. The van der Waals surface area contributed by atoms with E-state index >= 15 is 0 Å². The molecule has 0 aliphatic rings. The summed E-state index contributed by atoms with van der Waals surface area (Å²) in [5.74, 6) is -0.670. The van der Waals surface area contributed by atoms with Crippen molar-refractivity contribution in [1.29, 1.82) is 0 Å². The second-order valence-corrected chi connectivity index (χ2v) is 6.57. The van der Waals surface area contributed by atoms with E-state index < -0.39 is 15.8 Å². The maximum Gasteiger partial charge on any atom is 0.240 e. The SMILES string of the molecule is O=S(=O)(NCc1ccccc1Cl)c1ccc(F)c(Cl)c1. The molecule has 0 heterocycles. The van der Waals surface area contributed by atoms with Crippen molar-refractivity contribution in [2.75, 3.05) is 0 Å². The Morgan fingerprint density at radius 1 is 1.05 bits per heavy atom. The highest BCUT2D eigenvalue weighted by Crippen LogP contribution is 2.20. The Kier molecular flexibility index (Phi) is 4.65. The Bertz CT molecular complexity index is 735. The summed E-state index contributed by atoms with van der Waals surface area (Å²) in [5.41, 5.74) is 0.644. The molecule has 0 atom stereocenters. The van der Waals surface area contributed by atoms with E-state index in [-0.39, 0.29) is 16.5 Å². The van der Waals surface area contributed by atoms with Crippen LogP contribution in [0.15, 0.2) is 47.4 Å². The first kappa shape index (κ1) is 15.3. The van der Waals surface area contributed by atoms with E-state index in [2.05, 4.69) is 4.72 Å². The summed E-state index contributed by atoms with van der Waals surface area (Å²) in [6, 6.07) is 10.1. The van der Waals surface area contributed by atoms with Crippen LogP contribution in [0.4, 0.5) is 4.39 Å². The smallest absolute Gasteiger partial charge is 0.207 e. The van der Waals surface area contributed by atoms with Gasteiger partial charge < -0.3 is 0 Å². The highest BCUT2D eigenvalue weighted by Gasteiger charge is 2.16. The van der Waals surface area contributed by atoms with Gasteiger partial charge in [0.05, 0.1) is 9.92 Å². The van der Waals surface area contributed by atoms with E-state index in [4.69, 9.17) is 23.2 Å². The van der Waals surface area contributed by atoms with Crippen LogP contribution in [0.25, 0.3) is 0 Å². The molecule has 0 aromatic heterocycles. The minimum Gasteiger partial charge on any atom is -0.207 e. The van der Waals surface area contributed by atoms with E-state index in [1.54, 1.807) is 24.3 Å². The van der Waals surface area contributed by atoms with Gasteiger partial charge in [-0.3, -0.25) is 0 Å². The molecule has 106 valence electrons. The highest BCUT2D eigenvalue weighted by atomic mass is 35.5. The Hall–Kier alpha value is -1.14. The molecule has 1 N–H and O–H groups in total. The molecule has 2 rings (SSSR count). The van der Waals surface area contributed by atoms with Crippen molar-refractivity contribution >= 4 is 33.2 Å². The first-order chi connectivity index (χ1) is 9.40. The van der Waals surface area contributed by atoms with Crippen LogP contribution in [-0.2, 0) is 16.6 Å². The molecule has 0 unspecified atom stereocenters. The Labute approximate surface area is 126 Å². The van der Waals surface area contributed by atoms with Gasteiger partial charge in [0.2, 0.25) is 10.0 Å². The average Bonchev–Trinajstić information content (AvgIpc) is 2.41. The van der Waals surface area contributed by atoms with Crippen molar-refractivity contribution in [3.8, 4) is 0 Å². The molecule has 0 saturated heterocycles. The molecule has 0 aliphatic heterocycles. The van der Waals surface area contributed by atoms with Gasteiger partial charge in [-0.15, -0.1) is 0 Å². The molecule has 20 heavy (non-hydrogen) atoms. The van der Waals surface area contributed by atoms with Crippen LogP contribution in [0.2, 0.25) is 10.0 Å². The first-order valence-corrected chi connectivity index (χ1v) is 7.82. The van der Waals surface area contributed by atoms with E-state index in [1.165, 1.54) is 0 Å². The molecule has 0 saturated carbocycles. The summed E-state index contributed by atoms with van der Waals surface area (Å²) in [6.45, 7) is 0.0387. The highest BCUT2D eigenvalue weighted by molar-refractivity contribution is 7.89. The van der Waals surface area contributed by atoms with Crippen molar-refractivity contribution in [3.63, 3.8) is 0 Å². The molecule has 0 bridgehead atoms. The van der Waals surface area contributed by atoms with E-state index in [9.17, 15) is 12.8 Å². The van der Waals surface area contributed by atoms with Gasteiger partial charge in [-0.1, -0.05) is 41.4 Å². The van der Waals surface area contributed by atoms with Crippen LogP contribution < -0.4 is 4.72 Å². The number of benzene rings is 2. The van der Waals surface area contributed by atoms with Gasteiger partial charge in [0.1, 0.15) is 5.82 Å². The van der Waals surface area contributed by atoms with Gasteiger partial charge in [0, 0.05) is 11.6 Å². The van der Waals surface area contributed by atoms with Crippen molar-refractivity contribution < 1.29 is 12.8 Å². The Morgan fingerprint density at radius 2 is 1.75 bits per heavy atom. The number of nitrogens with one attached hydrogen (secondary N) is 1. The van der Waals surface area contributed by atoms with Crippen LogP contribution in [0.3, 0.4) is 0 Å². The molecule has 0 spiro atoms. The summed E-state index contributed by atoms with van der Waals surface area (Å²) in [6.07, 6.45) is 0. The van der Waals surface area contributed by atoms with Crippen LogP contribution in [-0.4, -0.2) is 8.42 Å². The third kappa shape index (κ3) is 3.49. The molecule has 0 radical (unpaired) electrons. The van der Waals surface area contributed by atoms with Crippen molar-refractivity contribution in [1.82, 2.24) is 4.72 Å². The minimum atomic E-state index is -3.77.